The van der Waals surface area contributed by atoms with Gasteiger partial charge in [0.2, 0.25) is 0 Å². The number of benzene rings is 2. The zero-order valence-electron chi connectivity index (χ0n) is 11.0. The first-order valence-corrected chi connectivity index (χ1v) is 6.58. The van der Waals surface area contributed by atoms with Crippen LogP contribution in [-0.4, -0.2) is 11.5 Å². The maximum absolute atomic E-state index is 13.3. The second kappa shape index (κ2) is 5.25. The second-order valence-electron chi connectivity index (χ2n) is 4.77. The van der Waals surface area contributed by atoms with E-state index in [-0.39, 0.29) is 11.5 Å². The van der Waals surface area contributed by atoms with Gasteiger partial charge in [0.15, 0.2) is 0 Å². The van der Waals surface area contributed by atoms with Gasteiger partial charge in [-0.25, -0.2) is 4.39 Å². The third-order valence-corrected chi connectivity index (χ3v) is 3.40. The fourth-order valence-electron chi connectivity index (χ4n) is 2.32. The van der Waals surface area contributed by atoms with E-state index in [1.54, 1.807) is 12.1 Å². The highest BCUT2D eigenvalue weighted by Gasteiger charge is 2.03. The molecular weight excluding hydrogens is 253 g/mol. The summed E-state index contributed by atoms with van der Waals surface area (Å²) in [5.74, 6) is -0.387. The molecule has 4 N–H and O–H groups in total. The largest absolute Gasteiger partial charge is 0.396 e. The molecule has 0 amide bonds. The lowest BCUT2D eigenvalue weighted by Crippen LogP contribution is -2.05. The van der Waals surface area contributed by atoms with Crippen LogP contribution in [0.4, 0.5) is 15.8 Å². The number of nitrogens with one attached hydrogen (secondary N) is 2. The number of halogens is 1. The van der Waals surface area contributed by atoms with Gasteiger partial charge in [-0.3, -0.25) is 0 Å². The highest BCUT2D eigenvalue weighted by atomic mass is 19.1. The maximum Gasteiger partial charge on any atom is 0.148 e. The van der Waals surface area contributed by atoms with Crippen LogP contribution in [0, 0.1) is 5.82 Å². The summed E-state index contributed by atoms with van der Waals surface area (Å²) in [6, 6.07) is 13.0. The van der Waals surface area contributed by atoms with E-state index in [9.17, 15) is 4.39 Å². The molecule has 3 rings (SSSR count). The van der Waals surface area contributed by atoms with Crippen molar-refractivity contribution in [1.82, 2.24) is 4.98 Å². The molecule has 1 heterocycles. The molecule has 0 fully saturated rings. The van der Waals surface area contributed by atoms with E-state index in [0.29, 0.717) is 0 Å². The maximum atomic E-state index is 13.3. The number of aromatic nitrogens is 1. The molecule has 0 bridgehead atoms. The predicted octanol–water partition coefficient (Wildman–Crippen LogP) is 3.54. The van der Waals surface area contributed by atoms with Crippen LogP contribution in [-0.2, 0) is 6.42 Å². The molecule has 0 saturated heterocycles. The number of para-hydroxylation sites is 1. The van der Waals surface area contributed by atoms with E-state index >= 15 is 0 Å². The van der Waals surface area contributed by atoms with Crippen molar-refractivity contribution in [3.05, 3.63) is 60.0 Å². The topological polar surface area (TPSA) is 53.8 Å². The summed E-state index contributed by atoms with van der Waals surface area (Å²) in [5.41, 5.74) is 8.76. The first-order valence-electron chi connectivity index (χ1n) is 6.58. The van der Waals surface area contributed by atoms with Crippen molar-refractivity contribution in [2.75, 3.05) is 17.6 Å². The summed E-state index contributed by atoms with van der Waals surface area (Å²) in [6.45, 7) is 0.741. The molecule has 0 unspecified atom stereocenters. The summed E-state index contributed by atoms with van der Waals surface area (Å²) < 4.78 is 13.3. The van der Waals surface area contributed by atoms with E-state index in [4.69, 9.17) is 5.73 Å². The molecule has 0 aliphatic heterocycles. The fraction of sp³-hybridized carbons (Fsp3) is 0.125. The number of hydrogen-bond donors (Lipinski definition) is 3. The lowest BCUT2D eigenvalue weighted by molar-refractivity contribution is 0.633. The van der Waals surface area contributed by atoms with Crippen molar-refractivity contribution < 1.29 is 4.39 Å². The zero-order chi connectivity index (χ0) is 13.9. The molecule has 4 heteroatoms. The number of anilines is 2. The fourth-order valence-corrected chi connectivity index (χ4v) is 2.32. The van der Waals surface area contributed by atoms with Crippen molar-refractivity contribution in [2.24, 2.45) is 0 Å². The third-order valence-electron chi connectivity index (χ3n) is 3.40. The van der Waals surface area contributed by atoms with Crippen molar-refractivity contribution in [2.45, 2.75) is 6.42 Å². The second-order valence-corrected chi connectivity index (χ2v) is 4.77. The van der Waals surface area contributed by atoms with Crippen LogP contribution in [0.1, 0.15) is 5.56 Å². The molecule has 3 aromatic rings. The minimum atomic E-state index is -0.387. The van der Waals surface area contributed by atoms with E-state index < -0.39 is 0 Å². The molecule has 20 heavy (non-hydrogen) atoms. The summed E-state index contributed by atoms with van der Waals surface area (Å²) in [4.78, 5) is 3.25. The van der Waals surface area contributed by atoms with Crippen molar-refractivity contribution in [3.8, 4) is 0 Å². The number of nitrogen functional groups attached to an aromatic ring is 1. The van der Waals surface area contributed by atoms with Crippen molar-refractivity contribution in [3.63, 3.8) is 0 Å². The number of fused-ring (bicyclic) bond motifs is 1. The van der Waals surface area contributed by atoms with Gasteiger partial charge in [0.25, 0.3) is 0 Å². The van der Waals surface area contributed by atoms with Crippen LogP contribution in [0.15, 0.2) is 48.7 Å². The van der Waals surface area contributed by atoms with Crippen molar-refractivity contribution in [1.29, 1.82) is 0 Å². The Balaban J connectivity index is 1.66. The van der Waals surface area contributed by atoms with Crippen LogP contribution in [0.5, 0.6) is 0 Å². The van der Waals surface area contributed by atoms with Crippen LogP contribution in [0.2, 0.25) is 0 Å². The number of H-pyrrole nitrogens is 1. The normalized spacial score (nSPS) is 10.8. The van der Waals surface area contributed by atoms with E-state index in [1.165, 1.54) is 17.0 Å². The quantitative estimate of drug-likeness (QED) is 0.634. The van der Waals surface area contributed by atoms with Crippen LogP contribution in [0.3, 0.4) is 0 Å². The van der Waals surface area contributed by atoms with Gasteiger partial charge in [-0.05, 0) is 36.2 Å². The Morgan fingerprint density at radius 1 is 1.15 bits per heavy atom. The summed E-state index contributed by atoms with van der Waals surface area (Å²) in [7, 11) is 0. The minimum Gasteiger partial charge on any atom is -0.396 e. The van der Waals surface area contributed by atoms with E-state index in [0.717, 1.165) is 24.2 Å². The Morgan fingerprint density at radius 3 is 2.85 bits per heavy atom. The van der Waals surface area contributed by atoms with Crippen LogP contribution >= 0.6 is 0 Å². The highest BCUT2D eigenvalue weighted by molar-refractivity contribution is 5.83. The van der Waals surface area contributed by atoms with Gasteiger partial charge >= 0.3 is 0 Å². The smallest absolute Gasteiger partial charge is 0.148 e. The van der Waals surface area contributed by atoms with Gasteiger partial charge in [0, 0.05) is 29.3 Å². The average Bonchev–Trinajstić information content (AvgIpc) is 2.86. The Hall–Kier alpha value is -2.49. The van der Waals surface area contributed by atoms with Gasteiger partial charge in [-0.15, -0.1) is 0 Å². The van der Waals surface area contributed by atoms with Gasteiger partial charge in [-0.2, -0.15) is 0 Å². The lowest BCUT2D eigenvalue weighted by Gasteiger charge is -2.07. The van der Waals surface area contributed by atoms with E-state index in [2.05, 4.69) is 22.4 Å². The van der Waals surface area contributed by atoms with Crippen LogP contribution < -0.4 is 11.1 Å². The molecule has 0 aliphatic rings. The van der Waals surface area contributed by atoms with Gasteiger partial charge in [0.1, 0.15) is 5.82 Å². The summed E-state index contributed by atoms with van der Waals surface area (Å²) >= 11 is 0. The Kier molecular flexibility index (Phi) is 3.29. The first-order chi connectivity index (χ1) is 9.74. The summed E-state index contributed by atoms with van der Waals surface area (Å²) in [6.07, 6.45) is 2.89. The average molecular weight is 269 g/mol. The molecule has 0 atom stereocenters. The molecule has 3 nitrogen and oxygen atoms in total. The predicted molar refractivity (Wildman–Crippen MR) is 81.3 cm³/mol. The molecular formula is C16H16FN3. The SMILES string of the molecule is Nc1ccc(NCCc2c[nH]c3ccccc23)cc1F. The number of nitrogens with two attached hydrogens (primary N) is 1. The lowest BCUT2D eigenvalue weighted by atomic mass is 10.1. The molecule has 0 radical (unpaired) electrons. The number of rotatable bonds is 4. The van der Waals surface area contributed by atoms with Gasteiger partial charge in [-0.1, -0.05) is 18.2 Å². The minimum absolute atomic E-state index is 0.173. The highest BCUT2D eigenvalue weighted by Crippen LogP contribution is 2.19. The molecule has 1 aromatic heterocycles. The van der Waals surface area contributed by atoms with Gasteiger partial charge < -0.3 is 16.0 Å². The van der Waals surface area contributed by atoms with Crippen molar-refractivity contribution >= 4 is 22.3 Å². The number of hydrogen-bond acceptors (Lipinski definition) is 2. The van der Waals surface area contributed by atoms with E-state index in [1.807, 2.05) is 18.3 Å². The monoisotopic (exact) mass is 269 g/mol. The molecule has 0 spiro atoms. The molecule has 2 aromatic carbocycles. The Morgan fingerprint density at radius 2 is 2.00 bits per heavy atom. The Bertz CT molecular complexity index is 733. The third kappa shape index (κ3) is 2.45. The first kappa shape index (κ1) is 12.5. The zero-order valence-corrected chi connectivity index (χ0v) is 11.0. The van der Waals surface area contributed by atoms with Gasteiger partial charge in [0.05, 0.1) is 5.69 Å². The molecule has 102 valence electrons. The summed E-state index contributed by atoms with van der Waals surface area (Å²) in [5, 5.41) is 4.44. The molecule has 0 saturated carbocycles. The molecule has 0 aliphatic carbocycles. The number of aromatic amines is 1. The van der Waals surface area contributed by atoms with Crippen LogP contribution in [0.25, 0.3) is 10.9 Å². The Labute approximate surface area is 116 Å². The standard InChI is InChI=1S/C16H16FN3/c17-14-9-12(5-6-15(14)18)19-8-7-11-10-20-16-4-2-1-3-13(11)16/h1-6,9-10,19-20H,7-8,18H2.